The minimum Gasteiger partial charge on any atom is -0.352 e. The maximum Gasteiger partial charge on any atom is 0.223 e. The van der Waals surface area contributed by atoms with Crippen molar-refractivity contribution in [3.63, 3.8) is 0 Å². The van der Waals surface area contributed by atoms with Crippen molar-refractivity contribution in [3.05, 3.63) is 0 Å². The summed E-state index contributed by atoms with van der Waals surface area (Å²) >= 11 is 4.18. The van der Waals surface area contributed by atoms with Crippen LogP contribution in [-0.2, 0) is 4.79 Å². The molecule has 2 aliphatic rings. The van der Waals surface area contributed by atoms with Gasteiger partial charge in [-0.25, -0.2) is 0 Å². The molecule has 3 unspecified atom stereocenters. The molecule has 3 heteroatoms. The van der Waals surface area contributed by atoms with Crippen LogP contribution in [0.5, 0.6) is 0 Å². The number of rotatable bonds is 1. The number of amides is 1. The Morgan fingerprint density at radius 2 is 2.40 bits per heavy atom. The van der Waals surface area contributed by atoms with Gasteiger partial charge >= 0.3 is 0 Å². The minimum absolute atomic E-state index is 0.260. The summed E-state index contributed by atoms with van der Waals surface area (Å²) in [7, 11) is 0. The van der Waals surface area contributed by atoms with Gasteiger partial charge in [0.2, 0.25) is 5.91 Å². The molecule has 1 amide bonds. The number of carbonyl (C=O) groups is 1. The van der Waals surface area contributed by atoms with Crippen molar-refractivity contribution in [3.8, 4) is 0 Å². The van der Waals surface area contributed by atoms with Crippen LogP contribution in [0.2, 0.25) is 0 Å². The lowest BCUT2D eigenvalue weighted by atomic mass is 9.73. The van der Waals surface area contributed by atoms with Crippen LogP contribution < -0.4 is 5.32 Å². The van der Waals surface area contributed by atoms with Crippen molar-refractivity contribution in [2.75, 3.05) is 5.75 Å². The van der Waals surface area contributed by atoms with E-state index in [2.05, 4.69) is 17.9 Å². The van der Waals surface area contributed by atoms with Crippen LogP contribution >= 0.6 is 12.6 Å². The molecule has 0 aromatic heterocycles. The molecule has 0 spiro atoms. The second-order valence-electron chi connectivity index (χ2n) is 3.15. The van der Waals surface area contributed by atoms with Crippen LogP contribution in [0.4, 0.5) is 0 Å². The molecule has 1 aliphatic heterocycles. The van der Waals surface area contributed by atoms with Gasteiger partial charge in [-0.05, 0) is 18.8 Å². The van der Waals surface area contributed by atoms with E-state index in [0.29, 0.717) is 17.9 Å². The summed E-state index contributed by atoms with van der Waals surface area (Å²) in [6.07, 6.45) is 2.31. The van der Waals surface area contributed by atoms with Gasteiger partial charge in [-0.15, -0.1) is 0 Å². The zero-order chi connectivity index (χ0) is 7.14. The van der Waals surface area contributed by atoms with Crippen molar-refractivity contribution in [1.29, 1.82) is 0 Å². The molecule has 1 N–H and O–H groups in total. The van der Waals surface area contributed by atoms with Gasteiger partial charge in [-0.1, -0.05) is 0 Å². The Labute approximate surface area is 65.8 Å². The SMILES string of the molecule is O=C1NC(CS)C2CCC12. The lowest BCUT2D eigenvalue weighted by molar-refractivity contribution is -0.124. The smallest absolute Gasteiger partial charge is 0.223 e. The lowest BCUT2D eigenvalue weighted by Gasteiger charge is -2.30. The Bertz CT molecular complexity index is 169. The van der Waals surface area contributed by atoms with Crippen LogP contribution in [0.25, 0.3) is 0 Å². The van der Waals surface area contributed by atoms with Gasteiger partial charge in [-0.3, -0.25) is 4.79 Å². The van der Waals surface area contributed by atoms with Crippen LogP contribution in [-0.4, -0.2) is 17.7 Å². The molecule has 0 aromatic carbocycles. The van der Waals surface area contributed by atoms with E-state index in [1.807, 2.05) is 0 Å². The van der Waals surface area contributed by atoms with Gasteiger partial charge in [0.25, 0.3) is 0 Å². The largest absolute Gasteiger partial charge is 0.352 e. The van der Waals surface area contributed by atoms with E-state index in [-0.39, 0.29) is 5.91 Å². The summed E-state index contributed by atoms with van der Waals surface area (Å²) in [5, 5.41) is 2.95. The molecule has 1 heterocycles. The quantitative estimate of drug-likeness (QED) is 0.531. The molecule has 0 bridgehead atoms. The minimum atomic E-state index is 0.260. The average Bonchev–Trinajstić information content (AvgIpc) is 2.02. The Morgan fingerprint density at radius 1 is 1.60 bits per heavy atom. The van der Waals surface area contributed by atoms with Crippen molar-refractivity contribution in [2.24, 2.45) is 11.8 Å². The van der Waals surface area contributed by atoms with E-state index < -0.39 is 0 Å². The molecule has 1 saturated heterocycles. The maximum absolute atomic E-state index is 11.1. The number of nitrogens with one attached hydrogen (secondary N) is 1. The first-order valence-corrected chi connectivity index (χ1v) is 4.37. The summed E-state index contributed by atoms with van der Waals surface area (Å²) < 4.78 is 0. The van der Waals surface area contributed by atoms with E-state index in [9.17, 15) is 4.79 Å². The van der Waals surface area contributed by atoms with Gasteiger partial charge in [0.15, 0.2) is 0 Å². The summed E-state index contributed by atoms with van der Waals surface area (Å²) in [6, 6.07) is 0.370. The van der Waals surface area contributed by atoms with Crippen molar-refractivity contribution in [2.45, 2.75) is 18.9 Å². The second-order valence-corrected chi connectivity index (χ2v) is 3.51. The molecule has 3 atom stereocenters. The fourth-order valence-electron chi connectivity index (χ4n) is 1.91. The molecule has 10 heavy (non-hydrogen) atoms. The first-order chi connectivity index (χ1) is 4.83. The molecule has 0 radical (unpaired) electrons. The lowest BCUT2D eigenvalue weighted by Crippen LogP contribution is -2.32. The van der Waals surface area contributed by atoms with Crippen molar-refractivity contribution in [1.82, 2.24) is 5.32 Å². The zero-order valence-corrected chi connectivity index (χ0v) is 6.60. The normalized spacial score (nSPS) is 44.1. The predicted octanol–water partition coefficient (Wildman–Crippen LogP) is 0.441. The third-order valence-corrected chi connectivity index (χ3v) is 3.10. The average molecular weight is 157 g/mol. The first-order valence-electron chi connectivity index (χ1n) is 3.74. The Balaban J connectivity index is 2.09. The topological polar surface area (TPSA) is 29.1 Å². The highest BCUT2D eigenvalue weighted by molar-refractivity contribution is 7.80. The summed E-state index contributed by atoms with van der Waals surface area (Å²) in [4.78, 5) is 11.1. The van der Waals surface area contributed by atoms with E-state index in [4.69, 9.17) is 0 Å². The monoisotopic (exact) mass is 157 g/mol. The highest BCUT2D eigenvalue weighted by Gasteiger charge is 2.47. The number of thiol groups is 1. The Hall–Kier alpha value is -0.180. The first kappa shape index (κ1) is 6.53. The summed E-state index contributed by atoms with van der Waals surface area (Å²) in [5.74, 6) is 2.02. The Morgan fingerprint density at radius 3 is 2.70 bits per heavy atom. The molecular formula is C7H11NOS. The number of hydrogen-bond acceptors (Lipinski definition) is 2. The number of carbonyl (C=O) groups excluding carboxylic acids is 1. The van der Waals surface area contributed by atoms with Gasteiger partial charge in [0.05, 0.1) is 0 Å². The van der Waals surface area contributed by atoms with Crippen LogP contribution in [0, 0.1) is 11.8 Å². The van der Waals surface area contributed by atoms with E-state index >= 15 is 0 Å². The molecule has 2 nitrogen and oxygen atoms in total. The van der Waals surface area contributed by atoms with Gasteiger partial charge in [0.1, 0.15) is 0 Å². The molecule has 56 valence electrons. The molecule has 1 saturated carbocycles. The van der Waals surface area contributed by atoms with Crippen LogP contribution in [0.1, 0.15) is 12.8 Å². The highest BCUT2D eigenvalue weighted by atomic mass is 32.1. The standard InChI is InChI=1S/C7H11NOS/c9-7-5-2-1-4(5)6(3-10)8-7/h4-6,10H,1-3H2,(H,8,9). The van der Waals surface area contributed by atoms with Crippen molar-refractivity contribution < 1.29 is 4.79 Å². The van der Waals surface area contributed by atoms with E-state index in [1.165, 1.54) is 6.42 Å². The molecular weight excluding hydrogens is 146 g/mol. The highest BCUT2D eigenvalue weighted by Crippen LogP contribution is 2.41. The third kappa shape index (κ3) is 0.698. The van der Waals surface area contributed by atoms with Crippen LogP contribution in [0.15, 0.2) is 0 Å². The summed E-state index contributed by atoms with van der Waals surface area (Å²) in [5.41, 5.74) is 0. The Kier molecular flexibility index (Phi) is 1.41. The van der Waals surface area contributed by atoms with Gasteiger partial charge < -0.3 is 5.32 Å². The van der Waals surface area contributed by atoms with Gasteiger partial charge in [0, 0.05) is 17.7 Å². The zero-order valence-electron chi connectivity index (χ0n) is 5.71. The predicted molar refractivity (Wildman–Crippen MR) is 42.0 cm³/mol. The maximum atomic E-state index is 11.1. The number of hydrogen-bond donors (Lipinski definition) is 2. The molecule has 2 rings (SSSR count). The van der Waals surface area contributed by atoms with E-state index in [0.717, 1.165) is 12.2 Å². The number of fused-ring (bicyclic) bond motifs is 1. The van der Waals surface area contributed by atoms with Crippen molar-refractivity contribution >= 4 is 18.5 Å². The van der Waals surface area contributed by atoms with Gasteiger partial charge in [-0.2, -0.15) is 12.6 Å². The molecule has 2 fully saturated rings. The molecule has 0 aromatic rings. The fraction of sp³-hybridized carbons (Fsp3) is 0.857. The fourth-order valence-corrected chi connectivity index (χ4v) is 2.27. The van der Waals surface area contributed by atoms with E-state index in [1.54, 1.807) is 0 Å². The second kappa shape index (κ2) is 2.16. The third-order valence-electron chi connectivity index (χ3n) is 2.71. The van der Waals surface area contributed by atoms with Crippen LogP contribution in [0.3, 0.4) is 0 Å². The summed E-state index contributed by atoms with van der Waals surface area (Å²) in [6.45, 7) is 0. The molecule has 1 aliphatic carbocycles.